The fourth-order valence-corrected chi connectivity index (χ4v) is 1.99. The summed E-state index contributed by atoms with van der Waals surface area (Å²) in [6, 6.07) is 10.6. The summed E-state index contributed by atoms with van der Waals surface area (Å²) in [5.74, 6) is -0.795. The van der Waals surface area contributed by atoms with Gasteiger partial charge < -0.3 is 9.47 Å². The second-order valence-electron chi connectivity index (χ2n) is 4.67. The molecule has 0 unspecified atom stereocenters. The first-order valence-electron chi connectivity index (χ1n) is 6.62. The van der Waals surface area contributed by atoms with E-state index in [0.29, 0.717) is 11.3 Å². The first-order valence-corrected chi connectivity index (χ1v) is 6.62. The van der Waals surface area contributed by atoms with E-state index in [-0.39, 0.29) is 29.3 Å². The zero-order chi connectivity index (χ0) is 16.1. The molecule has 2 aromatic carbocycles. The van der Waals surface area contributed by atoms with Gasteiger partial charge in [0.2, 0.25) is 0 Å². The fraction of sp³-hybridized carbons (Fsp3) is 0.176. The highest BCUT2D eigenvalue weighted by Gasteiger charge is 2.16. The van der Waals surface area contributed by atoms with Gasteiger partial charge in [-0.15, -0.1) is 0 Å². The van der Waals surface area contributed by atoms with Gasteiger partial charge in [0.25, 0.3) is 0 Å². The Morgan fingerprint density at radius 3 is 2.50 bits per heavy atom. The third-order valence-electron chi connectivity index (χ3n) is 3.07. The average molecular weight is 302 g/mol. The van der Waals surface area contributed by atoms with E-state index in [2.05, 4.69) is 4.74 Å². The molecule has 0 radical (unpaired) electrons. The minimum Gasteiger partial charge on any atom is -0.489 e. The first-order chi connectivity index (χ1) is 10.5. The maximum Gasteiger partial charge on any atom is 0.338 e. The number of ketones is 1. The summed E-state index contributed by atoms with van der Waals surface area (Å²) < 4.78 is 23.3. The van der Waals surface area contributed by atoms with E-state index in [1.807, 2.05) is 0 Å². The number of carbonyl (C=O) groups is 2. The number of hydrogen-bond acceptors (Lipinski definition) is 4. The number of benzene rings is 2. The monoisotopic (exact) mass is 302 g/mol. The van der Waals surface area contributed by atoms with Crippen LogP contribution in [0.1, 0.15) is 33.2 Å². The number of Topliss-reactive ketones (excluding diaryl/α,β-unsaturated/α-hetero) is 1. The minimum absolute atomic E-state index is 0.145. The first kappa shape index (κ1) is 15.7. The van der Waals surface area contributed by atoms with Crippen molar-refractivity contribution in [1.29, 1.82) is 0 Å². The second-order valence-corrected chi connectivity index (χ2v) is 4.67. The van der Waals surface area contributed by atoms with Gasteiger partial charge in [-0.05, 0) is 42.8 Å². The van der Waals surface area contributed by atoms with Gasteiger partial charge in [-0.1, -0.05) is 12.1 Å². The molecule has 4 nitrogen and oxygen atoms in total. The van der Waals surface area contributed by atoms with Gasteiger partial charge in [0.15, 0.2) is 5.78 Å². The molecule has 0 aliphatic carbocycles. The van der Waals surface area contributed by atoms with Crippen molar-refractivity contribution in [3.8, 4) is 5.75 Å². The normalized spacial score (nSPS) is 10.1. The molecule has 0 spiro atoms. The van der Waals surface area contributed by atoms with Crippen molar-refractivity contribution in [2.45, 2.75) is 13.5 Å². The van der Waals surface area contributed by atoms with Crippen LogP contribution in [0.2, 0.25) is 0 Å². The van der Waals surface area contributed by atoms with Crippen LogP contribution in [0, 0.1) is 5.82 Å². The second kappa shape index (κ2) is 6.85. The number of ether oxygens (including phenoxy) is 2. The van der Waals surface area contributed by atoms with Gasteiger partial charge in [0, 0.05) is 5.56 Å². The van der Waals surface area contributed by atoms with E-state index >= 15 is 0 Å². The lowest BCUT2D eigenvalue weighted by Gasteiger charge is -2.10. The smallest absolute Gasteiger partial charge is 0.338 e. The minimum atomic E-state index is -0.610. The Balaban J connectivity index is 2.21. The van der Waals surface area contributed by atoms with Crippen molar-refractivity contribution >= 4 is 11.8 Å². The van der Waals surface area contributed by atoms with Crippen molar-refractivity contribution in [1.82, 2.24) is 0 Å². The number of hydrogen-bond donors (Lipinski definition) is 0. The molecule has 0 N–H and O–H groups in total. The zero-order valence-electron chi connectivity index (χ0n) is 12.3. The summed E-state index contributed by atoms with van der Waals surface area (Å²) >= 11 is 0. The number of carbonyl (C=O) groups excluding carboxylic acids is 2. The van der Waals surface area contributed by atoms with Gasteiger partial charge in [-0.3, -0.25) is 4.79 Å². The lowest BCUT2D eigenvalue weighted by atomic mass is 10.0. The van der Waals surface area contributed by atoms with Crippen LogP contribution in [0.15, 0.2) is 42.5 Å². The van der Waals surface area contributed by atoms with Gasteiger partial charge >= 0.3 is 5.97 Å². The van der Waals surface area contributed by atoms with Crippen LogP contribution in [-0.2, 0) is 11.3 Å². The maximum atomic E-state index is 13.1. The van der Waals surface area contributed by atoms with Gasteiger partial charge in [-0.25, -0.2) is 9.18 Å². The molecule has 2 aromatic rings. The van der Waals surface area contributed by atoms with E-state index in [1.54, 1.807) is 18.2 Å². The Hall–Kier alpha value is -2.69. The van der Waals surface area contributed by atoms with E-state index in [4.69, 9.17) is 4.74 Å². The van der Waals surface area contributed by atoms with E-state index in [0.717, 1.165) is 0 Å². The largest absolute Gasteiger partial charge is 0.489 e. The van der Waals surface area contributed by atoms with Crippen LogP contribution in [0.5, 0.6) is 5.75 Å². The third-order valence-corrected chi connectivity index (χ3v) is 3.07. The average Bonchev–Trinajstić information content (AvgIpc) is 2.51. The van der Waals surface area contributed by atoms with Crippen molar-refractivity contribution in [3.05, 3.63) is 65.0 Å². The standard InChI is InChI=1S/C17H15FO4/c1-11(19)15-7-6-14(9-16(15)17(20)21-2)22-10-12-4-3-5-13(18)8-12/h3-9H,10H2,1-2H3. The van der Waals surface area contributed by atoms with E-state index in [9.17, 15) is 14.0 Å². The lowest BCUT2D eigenvalue weighted by Crippen LogP contribution is -2.09. The maximum absolute atomic E-state index is 13.1. The SMILES string of the molecule is COC(=O)c1cc(OCc2cccc(F)c2)ccc1C(C)=O. The number of halogens is 1. The Labute approximate surface area is 127 Å². The van der Waals surface area contributed by atoms with Crippen LogP contribution in [0.4, 0.5) is 4.39 Å². The molecular weight excluding hydrogens is 287 g/mol. The number of esters is 1. The van der Waals surface area contributed by atoms with Gasteiger partial charge in [0.1, 0.15) is 18.2 Å². The molecule has 0 atom stereocenters. The molecule has 114 valence electrons. The molecule has 5 heteroatoms. The third kappa shape index (κ3) is 3.69. The summed E-state index contributed by atoms with van der Waals surface area (Å²) in [5.41, 5.74) is 1.08. The molecule has 0 saturated carbocycles. The Morgan fingerprint density at radius 1 is 1.09 bits per heavy atom. The van der Waals surface area contributed by atoms with Crippen LogP contribution >= 0.6 is 0 Å². The molecule has 0 saturated heterocycles. The molecule has 0 aromatic heterocycles. The molecule has 2 rings (SSSR count). The molecule has 0 amide bonds. The lowest BCUT2D eigenvalue weighted by molar-refractivity contribution is 0.0596. The van der Waals surface area contributed by atoms with Crippen LogP contribution in [-0.4, -0.2) is 18.9 Å². The van der Waals surface area contributed by atoms with Gasteiger partial charge in [-0.2, -0.15) is 0 Å². The molecule has 0 aliphatic rings. The number of methoxy groups -OCH3 is 1. The van der Waals surface area contributed by atoms with Crippen LogP contribution < -0.4 is 4.74 Å². The Kier molecular flexibility index (Phi) is 4.88. The molecular formula is C17H15FO4. The highest BCUT2D eigenvalue weighted by Crippen LogP contribution is 2.20. The highest BCUT2D eigenvalue weighted by atomic mass is 19.1. The fourth-order valence-electron chi connectivity index (χ4n) is 1.99. The summed E-state index contributed by atoms with van der Waals surface area (Å²) in [7, 11) is 1.24. The van der Waals surface area contributed by atoms with E-state index in [1.165, 1.54) is 38.3 Å². The van der Waals surface area contributed by atoms with Crippen LogP contribution in [0.25, 0.3) is 0 Å². The summed E-state index contributed by atoms with van der Waals surface area (Å²) in [6.45, 7) is 1.52. The summed E-state index contributed by atoms with van der Waals surface area (Å²) in [6.07, 6.45) is 0. The van der Waals surface area contributed by atoms with Crippen LogP contribution in [0.3, 0.4) is 0 Å². The number of rotatable bonds is 5. The van der Waals surface area contributed by atoms with Gasteiger partial charge in [0.05, 0.1) is 12.7 Å². The Bertz CT molecular complexity index is 710. The molecule has 0 aliphatic heterocycles. The predicted molar refractivity (Wildman–Crippen MR) is 78.5 cm³/mol. The molecule has 0 bridgehead atoms. The van der Waals surface area contributed by atoms with E-state index < -0.39 is 5.97 Å². The van der Waals surface area contributed by atoms with Crippen molar-refractivity contribution in [3.63, 3.8) is 0 Å². The molecule has 0 heterocycles. The van der Waals surface area contributed by atoms with Crippen molar-refractivity contribution in [2.75, 3.05) is 7.11 Å². The zero-order valence-corrected chi connectivity index (χ0v) is 12.3. The summed E-state index contributed by atoms with van der Waals surface area (Å²) in [4.78, 5) is 23.3. The Morgan fingerprint density at radius 2 is 1.86 bits per heavy atom. The quantitative estimate of drug-likeness (QED) is 0.627. The van der Waals surface area contributed by atoms with Crippen molar-refractivity contribution < 1.29 is 23.5 Å². The predicted octanol–water partition coefficient (Wildman–Crippen LogP) is 3.39. The topological polar surface area (TPSA) is 52.6 Å². The summed E-state index contributed by atoms with van der Waals surface area (Å²) in [5, 5.41) is 0. The molecule has 22 heavy (non-hydrogen) atoms. The van der Waals surface area contributed by atoms with Crippen molar-refractivity contribution in [2.24, 2.45) is 0 Å². The highest BCUT2D eigenvalue weighted by molar-refractivity contribution is 6.05. The molecule has 0 fully saturated rings.